The Bertz CT molecular complexity index is 481. The molecule has 1 aromatic carbocycles. The first-order valence-corrected chi connectivity index (χ1v) is 6.83. The maximum atomic E-state index is 11.9. The lowest BCUT2D eigenvalue weighted by atomic mass is 10.2. The van der Waals surface area contributed by atoms with E-state index in [2.05, 4.69) is 21.2 Å². The summed E-state index contributed by atoms with van der Waals surface area (Å²) in [6.07, 6.45) is -0.0239. The average Bonchev–Trinajstić information content (AvgIpc) is 2.40. The Kier molecular flexibility index (Phi) is 6.47. The Labute approximate surface area is 125 Å². The SMILES string of the molecule is CN(Cc1ccccc1Br)C(=O)N[C@@H](CCO)C(=O)O. The van der Waals surface area contributed by atoms with E-state index in [1.54, 1.807) is 7.05 Å². The number of carboxylic acids is 1. The van der Waals surface area contributed by atoms with Gasteiger partial charge in [0, 0.05) is 31.1 Å². The van der Waals surface area contributed by atoms with E-state index in [4.69, 9.17) is 10.2 Å². The molecule has 7 heteroatoms. The summed E-state index contributed by atoms with van der Waals surface area (Å²) in [5.74, 6) is -1.17. The van der Waals surface area contributed by atoms with Gasteiger partial charge in [0.1, 0.15) is 6.04 Å². The average molecular weight is 345 g/mol. The van der Waals surface area contributed by atoms with Gasteiger partial charge in [-0.25, -0.2) is 9.59 Å². The van der Waals surface area contributed by atoms with E-state index >= 15 is 0 Å². The maximum Gasteiger partial charge on any atom is 0.326 e. The van der Waals surface area contributed by atoms with Crippen LogP contribution in [0.3, 0.4) is 0 Å². The van der Waals surface area contributed by atoms with E-state index in [1.165, 1.54) is 4.90 Å². The van der Waals surface area contributed by atoms with Crippen molar-refractivity contribution in [1.82, 2.24) is 10.2 Å². The molecule has 0 heterocycles. The fourth-order valence-electron chi connectivity index (χ4n) is 1.60. The number of rotatable bonds is 6. The molecule has 0 aliphatic carbocycles. The van der Waals surface area contributed by atoms with Gasteiger partial charge in [0.25, 0.3) is 0 Å². The third-order valence-corrected chi connectivity index (χ3v) is 3.50. The van der Waals surface area contributed by atoms with Gasteiger partial charge in [-0.05, 0) is 11.6 Å². The van der Waals surface area contributed by atoms with Crippen LogP contribution in [0.2, 0.25) is 0 Å². The highest BCUT2D eigenvalue weighted by atomic mass is 79.9. The molecule has 0 saturated heterocycles. The van der Waals surface area contributed by atoms with Crippen molar-refractivity contribution in [3.63, 3.8) is 0 Å². The molecule has 3 N–H and O–H groups in total. The second kappa shape index (κ2) is 7.86. The second-order valence-electron chi connectivity index (χ2n) is 4.30. The van der Waals surface area contributed by atoms with Crippen LogP contribution in [0.15, 0.2) is 28.7 Å². The molecule has 1 atom stereocenters. The first kappa shape index (κ1) is 16.5. The Morgan fingerprint density at radius 2 is 2.05 bits per heavy atom. The normalized spacial score (nSPS) is 11.8. The Morgan fingerprint density at radius 1 is 1.40 bits per heavy atom. The van der Waals surface area contributed by atoms with Gasteiger partial charge >= 0.3 is 12.0 Å². The zero-order valence-electron chi connectivity index (χ0n) is 11.0. The van der Waals surface area contributed by atoms with E-state index in [-0.39, 0.29) is 13.0 Å². The minimum absolute atomic E-state index is 0.0239. The Balaban J connectivity index is 2.63. The summed E-state index contributed by atoms with van der Waals surface area (Å²) < 4.78 is 0.879. The lowest BCUT2D eigenvalue weighted by molar-refractivity contribution is -0.139. The predicted molar refractivity (Wildman–Crippen MR) is 77.3 cm³/mol. The van der Waals surface area contributed by atoms with Crippen LogP contribution in [-0.2, 0) is 11.3 Å². The second-order valence-corrected chi connectivity index (χ2v) is 5.15. The maximum absolute atomic E-state index is 11.9. The number of carbonyl (C=O) groups excluding carboxylic acids is 1. The number of carbonyl (C=O) groups is 2. The number of aliphatic carboxylic acids is 1. The largest absolute Gasteiger partial charge is 0.480 e. The van der Waals surface area contributed by atoms with Gasteiger partial charge in [0.2, 0.25) is 0 Å². The van der Waals surface area contributed by atoms with Gasteiger partial charge in [-0.3, -0.25) is 0 Å². The summed E-state index contributed by atoms with van der Waals surface area (Å²) in [7, 11) is 1.58. The highest BCUT2D eigenvalue weighted by Crippen LogP contribution is 2.17. The molecule has 0 radical (unpaired) electrons. The van der Waals surface area contributed by atoms with Crippen LogP contribution in [0.1, 0.15) is 12.0 Å². The predicted octanol–water partition coefficient (Wildman–Crippen LogP) is 1.43. The van der Waals surface area contributed by atoms with Crippen LogP contribution in [0.4, 0.5) is 4.79 Å². The van der Waals surface area contributed by atoms with E-state index < -0.39 is 18.0 Å². The van der Waals surface area contributed by atoms with Gasteiger partial charge in [-0.2, -0.15) is 0 Å². The number of hydrogen-bond donors (Lipinski definition) is 3. The summed E-state index contributed by atoms with van der Waals surface area (Å²) in [5, 5.41) is 20.1. The first-order valence-electron chi connectivity index (χ1n) is 6.04. The van der Waals surface area contributed by atoms with Gasteiger partial charge in [0.15, 0.2) is 0 Å². The summed E-state index contributed by atoms with van der Waals surface area (Å²) in [5.41, 5.74) is 0.916. The molecule has 0 spiro atoms. The van der Waals surface area contributed by atoms with Crippen molar-refractivity contribution in [3.8, 4) is 0 Å². The molecule has 1 aromatic rings. The molecule has 0 aromatic heterocycles. The van der Waals surface area contributed by atoms with E-state index in [1.807, 2.05) is 24.3 Å². The topological polar surface area (TPSA) is 89.9 Å². The number of nitrogens with one attached hydrogen (secondary N) is 1. The number of halogens is 1. The zero-order valence-corrected chi connectivity index (χ0v) is 12.6. The molecule has 0 unspecified atom stereocenters. The summed E-state index contributed by atoms with van der Waals surface area (Å²) >= 11 is 3.39. The number of hydrogen-bond acceptors (Lipinski definition) is 3. The molecule has 0 bridgehead atoms. The van der Waals surface area contributed by atoms with Crippen molar-refractivity contribution in [2.75, 3.05) is 13.7 Å². The highest BCUT2D eigenvalue weighted by molar-refractivity contribution is 9.10. The summed E-state index contributed by atoms with van der Waals surface area (Å²) in [6.45, 7) is 0.0456. The van der Waals surface area contributed by atoms with Gasteiger partial charge < -0.3 is 20.4 Å². The van der Waals surface area contributed by atoms with Crippen LogP contribution >= 0.6 is 15.9 Å². The molecule has 0 saturated carbocycles. The minimum atomic E-state index is -1.17. The number of urea groups is 1. The molecule has 1 rings (SSSR count). The lowest BCUT2D eigenvalue weighted by Crippen LogP contribution is -2.46. The smallest absolute Gasteiger partial charge is 0.326 e. The summed E-state index contributed by atoms with van der Waals surface area (Å²) in [4.78, 5) is 24.2. The molecule has 110 valence electrons. The molecule has 0 fully saturated rings. The van der Waals surface area contributed by atoms with Crippen molar-refractivity contribution in [2.45, 2.75) is 19.0 Å². The van der Waals surface area contributed by atoms with E-state index in [9.17, 15) is 9.59 Å². The Hall–Kier alpha value is -1.60. The molecule has 0 aliphatic rings. The Morgan fingerprint density at radius 3 is 2.60 bits per heavy atom. The third-order valence-electron chi connectivity index (χ3n) is 2.73. The quantitative estimate of drug-likeness (QED) is 0.728. The van der Waals surface area contributed by atoms with Gasteiger partial charge in [-0.15, -0.1) is 0 Å². The fraction of sp³-hybridized carbons (Fsp3) is 0.385. The van der Waals surface area contributed by atoms with Crippen LogP contribution in [0, 0.1) is 0 Å². The van der Waals surface area contributed by atoms with Crippen LogP contribution in [0.5, 0.6) is 0 Å². The molecule has 0 aliphatic heterocycles. The molecular formula is C13H17BrN2O4. The molecular weight excluding hydrogens is 328 g/mol. The summed E-state index contributed by atoms with van der Waals surface area (Å²) in [6, 6.07) is 5.88. The number of nitrogens with zero attached hydrogens (tertiary/aromatic N) is 1. The van der Waals surface area contributed by atoms with Crippen LogP contribution < -0.4 is 5.32 Å². The number of benzene rings is 1. The van der Waals surface area contributed by atoms with Crippen LogP contribution in [0.25, 0.3) is 0 Å². The number of aliphatic hydroxyl groups is 1. The number of aliphatic hydroxyl groups excluding tert-OH is 1. The zero-order chi connectivity index (χ0) is 15.1. The third kappa shape index (κ3) is 4.82. The fourth-order valence-corrected chi connectivity index (χ4v) is 2.01. The highest BCUT2D eigenvalue weighted by Gasteiger charge is 2.21. The van der Waals surface area contributed by atoms with Crippen LogP contribution in [-0.4, -0.2) is 46.8 Å². The van der Waals surface area contributed by atoms with Gasteiger partial charge in [-0.1, -0.05) is 34.1 Å². The van der Waals surface area contributed by atoms with Crippen molar-refractivity contribution >= 4 is 27.9 Å². The van der Waals surface area contributed by atoms with Crippen molar-refractivity contribution in [3.05, 3.63) is 34.3 Å². The standard InChI is InChI=1S/C13H17BrN2O4/c1-16(8-9-4-2-3-5-10(9)14)13(20)15-11(6-7-17)12(18)19/h2-5,11,17H,6-8H2,1H3,(H,15,20)(H,18,19)/t11-/m0/s1. The van der Waals surface area contributed by atoms with Crippen molar-refractivity contribution < 1.29 is 19.8 Å². The number of carboxylic acid groups (broad SMARTS) is 1. The lowest BCUT2D eigenvalue weighted by Gasteiger charge is -2.21. The molecule has 20 heavy (non-hydrogen) atoms. The number of amides is 2. The van der Waals surface area contributed by atoms with E-state index in [0.29, 0.717) is 6.54 Å². The van der Waals surface area contributed by atoms with E-state index in [0.717, 1.165) is 10.0 Å². The molecule has 2 amide bonds. The minimum Gasteiger partial charge on any atom is -0.480 e. The first-order chi connectivity index (χ1) is 9.45. The van der Waals surface area contributed by atoms with Crippen molar-refractivity contribution in [1.29, 1.82) is 0 Å². The van der Waals surface area contributed by atoms with Crippen molar-refractivity contribution in [2.24, 2.45) is 0 Å². The molecule has 6 nitrogen and oxygen atoms in total. The monoisotopic (exact) mass is 344 g/mol. The van der Waals surface area contributed by atoms with Gasteiger partial charge in [0.05, 0.1) is 0 Å².